The normalized spacial score (nSPS) is 11.0. The number of nitrogens with zero attached hydrogens (tertiary/aromatic N) is 2. The Morgan fingerprint density at radius 1 is 1.25 bits per heavy atom. The van der Waals surface area contributed by atoms with E-state index in [-0.39, 0.29) is 12.5 Å². The number of carbonyl (C=O) groups is 1. The zero-order valence-electron chi connectivity index (χ0n) is 13.0. The van der Waals surface area contributed by atoms with Gasteiger partial charge >= 0.3 is 0 Å². The van der Waals surface area contributed by atoms with Crippen LogP contribution in [-0.4, -0.2) is 29.9 Å². The number of hydrazone groups is 1. The van der Waals surface area contributed by atoms with Gasteiger partial charge in [0, 0.05) is 4.90 Å². The lowest BCUT2D eigenvalue weighted by atomic mass is 10.2. The van der Waals surface area contributed by atoms with Gasteiger partial charge in [0.2, 0.25) is 0 Å². The van der Waals surface area contributed by atoms with Gasteiger partial charge in [-0.15, -0.1) is 11.8 Å². The molecule has 7 heteroatoms. The molecule has 1 aromatic heterocycles. The van der Waals surface area contributed by atoms with Crippen LogP contribution in [-0.2, 0) is 4.79 Å². The van der Waals surface area contributed by atoms with Crippen LogP contribution in [0.3, 0.4) is 0 Å². The van der Waals surface area contributed by atoms with Crippen molar-refractivity contribution in [1.82, 2.24) is 10.4 Å². The van der Waals surface area contributed by atoms with Gasteiger partial charge in [0.1, 0.15) is 0 Å². The highest BCUT2D eigenvalue weighted by Crippen LogP contribution is 2.24. The topological polar surface area (TPSA) is 66.4 Å². The molecule has 0 atom stereocenters. The molecule has 0 spiro atoms. The van der Waals surface area contributed by atoms with Crippen LogP contribution in [0.1, 0.15) is 5.56 Å². The number of thioether (sulfide) groups is 1. The van der Waals surface area contributed by atoms with Gasteiger partial charge in [-0.1, -0.05) is 35.6 Å². The third-order valence-corrected chi connectivity index (χ3v) is 4.95. The lowest BCUT2D eigenvalue weighted by molar-refractivity contribution is -0.119. The molecule has 0 fully saturated rings. The van der Waals surface area contributed by atoms with E-state index in [1.165, 1.54) is 16.2 Å². The van der Waals surface area contributed by atoms with Gasteiger partial charge in [-0.05, 0) is 36.1 Å². The van der Waals surface area contributed by atoms with E-state index in [2.05, 4.69) is 20.8 Å². The van der Waals surface area contributed by atoms with Crippen LogP contribution >= 0.6 is 23.1 Å². The van der Waals surface area contributed by atoms with Gasteiger partial charge in [-0.25, -0.2) is 10.4 Å². The molecule has 2 N–H and O–H groups in total. The average Bonchev–Trinajstić information content (AvgIpc) is 3.03. The quantitative estimate of drug-likeness (QED) is 0.402. The van der Waals surface area contributed by atoms with Crippen LogP contribution in [0.4, 0.5) is 5.13 Å². The first-order valence-electron chi connectivity index (χ1n) is 7.30. The summed E-state index contributed by atoms with van der Waals surface area (Å²) in [6.07, 6.45) is 3.65. The van der Waals surface area contributed by atoms with E-state index < -0.39 is 0 Å². The first-order chi connectivity index (χ1) is 11.7. The Labute approximate surface area is 148 Å². The lowest BCUT2D eigenvalue weighted by Gasteiger charge is -2.01. The summed E-state index contributed by atoms with van der Waals surface area (Å²) in [5, 5.41) is 7.71. The minimum absolute atomic E-state index is 0.128. The largest absolute Gasteiger partial charge is 0.352 e. The number of carbonyl (C=O) groups excluding carboxylic acids is 1. The van der Waals surface area contributed by atoms with Gasteiger partial charge in [0.05, 0.1) is 23.0 Å². The summed E-state index contributed by atoms with van der Waals surface area (Å²) in [7, 11) is 0. The smallest absolute Gasteiger partial charge is 0.259 e. The Balaban J connectivity index is 1.49. The Morgan fingerprint density at radius 2 is 2.04 bits per heavy atom. The number of rotatable bonds is 6. The van der Waals surface area contributed by atoms with Crippen molar-refractivity contribution in [3.8, 4) is 0 Å². The standard InChI is InChI=1S/C17H16N4OS2/c1-23-13-8-6-12(7-9-13)10-19-21-16(22)11-18-17-20-14-4-2-3-5-15(14)24-17/h2-10H,11H2,1H3,(H,18,20)(H,21,22)/b19-10-. The van der Waals surface area contributed by atoms with E-state index in [9.17, 15) is 4.79 Å². The average molecular weight is 356 g/mol. The van der Waals surface area contributed by atoms with Crippen LogP contribution in [0.15, 0.2) is 58.5 Å². The minimum atomic E-state index is -0.216. The first kappa shape index (κ1) is 16.5. The van der Waals surface area contributed by atoms with Crippen molar-refractivity contribution in [1.29, 1.82) is 0 Å². The van der Waals surface area contributed by atoms with Gasteiger partial charge in [-0.2, -0.15) is 5.10 Å². The Hall–Kier alpha value is -2.38. The minimum Gasteiger partial charge on any atom is -0.352 e. The fraction of sp³-hybridized carbons (Fsp3) is 0.118. The van der Waals surface area contributed by atoms with Gasteiger partial charge in [0.15, 0.2) is 5.13 Å². The summed E-state index contributed by atoms with van der Waals surface area (Å²) >= 11 is 3.21. The molecule has 122 valence electrons. The highest BCUT2D eigenvalue weighted by atomic mass is 32.2. The van der Waals surface area contributed by atoms with E-state index in [1.807, 2.05) is 54.8 Å². The zero-order chi connectivity index (χ0) is 16.8. The third kappa shape index (κ3) is 4.33. The molecule has 1 heterocycles. The predicted octanol–water partition coefficient (Wildman–Crippen LogP) is 3.58. The maximum atomic E-state index is 11.8. The predicted molar refractivity (Wildman–Crippen MR) is 102 cm³/mol. The molecule has 3 rings (SSSR count). The second kappa shape index (κ2) is 7.94. The van der Waals surface area contributed by atoms with Crippen molar-refractivity contribution in [3.05, 3.63) is 54.1 Å². The first-order valence-corrected chi connectivity index (χ1v) is 9.34. The molecule has 0 saturated carbocycles. The molecule has 3 aromatic rings. The molecule has 0 saturated heterocycles. The highest BCUT2D eigenvalue weighted by Gasteiger charge is 2.04. The molecule has 0 bridgehead atoms. The van der Waals surface area contributed by atoms with Crippen LogP contribution in [0.5, 0.6) is 0 Å². The van der Waals surface area contributed by atoms with Crippen LogP contribution < -0.4 is 10.7 Å². The summed E-state index contributed by atoms with van der Waals surface area (Å²) in [5.41, 5.74) is 4.37. The van der Waals surface area contributed by atoms with E-state index in [4.69, 9.17) is 0 Å². The molecule has 0 radical (unpaired) electrons. The van der Waals surface area contributed by atoms with E-state index in [0.717, 1.165) is 20.9 Å². The second-order valence-corrected chi connectivity index (χ2v) is 6.82. The number of aromatic nitrogens is 1. The van der Waals surface area contributed by atoms with Crippen LogP contribution in [0.2, 0.25) is 0 Å². The van der Waals surface area contributed by atoms with Crippen molar-refractivity contribution in [2.24, 2.45) is 5.10 Å². The molecular weight excluding hydrogens is 340 g/mol. The molecule has 1 amide bonds. The maximum Gasteiger partial charge on any atom is 0.259 e. The van der Waals surface area contributed by atoms with Crippen molar-refractivity contribution in [2.45, 2.75) is 4.90 Å². The third-order valence-electron chi connectivity index (χ3n) is 3.21. The molecule has 0 aliphatic carbocycles. The Bertz CT molecular complexity index is 825. The molecule has 2 aromatic carbocycles. The fourth-order valence-electron chi connectivity index (χ4n) is 2.01. The number of para-hydroxylation sites is 1. The number of thiazole rings is 1. The summed E-state index contributed by atoms with van der Waals surface area (Å²) in [5.74, 6) is -0.216. The summed E-state index contributed by atoms with van der Waals surface area (Å²) < 4.78 is 1.09. The molecule has 0 aliphatic heterocycles. The van der Waals surface area contributed by atoms with Gasteiger partial charge in [-0.3, -0.25) is 4.79 Å². The summed E-state index contributed by atoms with van der Waals surface area (Å²) in [4.78, 5) is 17.4. The van der Waals surface area contributed by atoms with E-state index >= 15 is 0 Å². The SMILES string of the molecule is CSc1ccc(/C=N\NC(=O)CNc2nc3ccccc3s2)cc1. The number of amides is 1. The second-order valence-electron chi connectivity index (χ2n) is 4.91. The maximum absolute atomic E-state index is 11.8. The zero-order valence-corrected chi connectivity index (χ0v) is 14.7. The van der Waals surface area contributed by atoms with Crippen LogP contribution in [0, 0.1) is 0 Å². The lowest BCUT2D eigenvalue weighted by Crippen LogP contribution is -2.25. The van der Waals surface area contributed by atoms with Crippen molar-refractivity contribution in [2.75, 3.05) is 18.1 Å². The summed E-state index contributed by atoms with van der Waals surface area (Å²) in [6.45, 7) is 0.128. The number of anilines is 1. The molecule has 0 unspecified atom stereocenters. The Morgan fingerprint density at radius 3 is 2.79 bits per heavy atom. The van der Waals surface area contributed by atoms with Gasteiger partial charge < -0.3 is 5.32 Å². The molecule has 5 nitrogen and oxygen atoms in total. The monoisotopic (exact) mass is 356 g/mol. The Kier molecular flexibility index (Phi) is 5.45. The summed E-state index contributed by atoms with van der Waals surface area (Å²) in [6, 6.07) is 15.8. The number of hydrogen-bond donors (Lipinski definition) is 2. The number of nitrogens with one attached hydrogen (secondary N) is 2. The number of hydrogen-bond acceptors (Lipinski definition) is 6. The molecular formula is C17H16N4OS2. The van der Waals surface area contributed by atoms with Crippen molar-refractivity contribution in [3.63, 3.8) is 0 Å². The van der Waals surface area contributed by atoms with Crippen molar-refractivity contribution < 1.29 is 4.79 Å². The van der Waals surface area contributed by atoms with E-state index in [1.54, 1.807) is 18.0 Å². The molecule has 0 aliphatic rings. The van der Waals surface area contributed by atoms with Crippen molar-refractivity contribution >= 4 is 50.6 Å². The highest BCUT2D eigenvalue weighted by molar-refractivity contribution is 7.98. The van der Waals surface area contributed by atoms with Crippen LogP contribution in [0.25, 0.3) is 10.2 Å². The van der Waals surface area contributed by atoms with E-state index in [0.29, 0.717) is 0 Å². The van der Waals surface area contributed by atoms with Gasteiger partial charge in [0.25, 0.3) is 5.91 Å². The molecule has 24 heavy (non-hydrogen) atoms. The number of benzene rings is 2. The number of fused-ring (bicyclic) bond motifs is 1. The fourth-order valence-corrected chi connectivity index (χ4v) is 3.28.